The molecule has 7 nitrogen and oxygen atoms in total. The summed E-state index contributed by atoms with van der Waals surface area (Å²) >= 11 is 5.84. The lowest BCUT2D eigenvalue weighted by Gasteiger charge is -2.19. The van der Waals surface area contributed by atoms with E-state index in [0.29, 0.717) is 10.8 Å². The molecule has 0 aliphatic carbocycles. The minimum absolute atomic E-state index is 0.0277. The highest BCUT2D eigenvalue weighted by Crippen LogP contribution is 2.23. The van der Waals surface area contributed by atoms with Gasteiger partial charge in [0, 0.05) is 16.4 Å². The van der Waals surface area contributed by atoms with Crippen LogP contribution in [0.15, 0.2) is 47.9 Å². The fraction of sp³-hybridized carbons (Fsp3) is 0.188. The summed E-state index contributed by atoms with van der Waals surface area (Å²) in [5.74, 6) is 0.379. The molecule has 9 heteroatoms. The van der Waals surface area contributed by atoms with Crippen molar-refractivity contribution >= 4 is 33.4 Å². The van der Waals surface area contributed by atoms with Crippen molar-refractivity contribution in [2.75, 3.05) is 10.8 Å². The van der Waals surface area contributed by atoms with E-state index in [1.165, 1.54) is 34.9 Å². The summed E-state index contributed by atoms with van der Waals surface area (Å²) in [7, 11) is -3.87. The lowest BCUT2D eigenvalue weighted by molar-refractivity contribution is 0.591. The molecule has 0 spiro atoms. The van der Waals surface area contributed by atoms with E-state index in [-0.39, 0.29) is 17.4 Å². The molecule has 0 bridgehead atoms. The first-order valence-corrected chi connectivity index (χ1v) is 9.25. The van der Waals surface area contributed by atoms with E-state index < -0.39 is 10.0 Å². The Morgan fingerprint density at radius 2 is 1.92 bits per heavy atom. The molecule has 25 heavy (non-hydrogen) atoms. The average Bonchev–Trinajstić information content (AvgIpc) is 2.96. The van der Waals surface area contributed by atoms with Gasteiger partial charge in [0.05, 0.1) is 11.4 Å². The summed E-state index contributed by atoms with van der Waals surface area (Å²) in [4.78, 5) is 8.66. The molecule has 0 aliphatic heterocycles. The van der Waals surface area contributed by atoms with Crippen molar-refractivity contribution in [1.82, 2.24) is 19.6 Å². The van der Waals surface area contributed by atoms with Crippen LogP contribution in [0.25, 0.3) is 5.78 Å². The highest BCUT2D eigenvalue weighted by atomic mass is 35.5. The molecule has 0 saturated carbocycles. The van der Waals surface area contributed by atoms with Gasteiger partial charge in [-0.2, -0.15) is 9.50 Å². The SMILES string of the molecule is C=CCN(c1nc2nc(C)cc(C)n2n1)S(=O)(=O)c1ccc(Cl)cc1. The number of rotatable bonds is 5. The van der Waals surface area contributed by atoms with Crippen molar-refractivity contribution in [3.63, 3.8) is 0 Å². The van der Waals surface area contributed by atoms with E-state index in [9.17, 15) is 8.42 Å². The summed E-state index contributed by atoms with van der Waals surface area (Å²) < 4.78 is 28.6. The fourth-order valence-electron chi connectivity index (χ4n) is 2.40. The van der Waals surface area contributed by atoms with Crippen LogP contribution >= 0.6 is 11.6 Å². The third-order valence-corrected chi connectivity index (χ3v) is 5.54. The second-order valence-corrected chi connectivity index (χ2v) is 7.74. The van der Waals surface area contributed by atoms with E-state index in [2.05, 4.69) is 21.6 Å². The zero-order valence-electron chi connectivity index (χ0n) is 13.7. The largest absolute Gasteiger partial charge is 0.266 e. The van der Waals surface area contributed by atoms with Crippen LogP contribution in [0.4, 0.5) is 5.95 Å². The van der Waals surface area contributed by atoms with Gasteiger partial charge in [-0.3, -0.25) is 0 Å². The Morgan fingerprint density at radius 1 is 1.24 bits per heavy atom. The van der Waals surface area contributed by atoms with E-state index in [1.54, 1.807) is 0 Å². The van der Waals surface area contributed by atoms with E-state index in [1.807, 2.05) is 19.9 Å². The number of fused-ring (bicyclic) bond motifs is 1. The Bertz CT molecular complexity index is 1040. The van der Waals surface area contributed by atoms with E-state index >= 15 is 0 Å². The highest BCUT2D eigenvalue weighted by molar-refractivity contribution is 7.92. The molecular formula is C16H16ClN5O2S. The van der Waals surface area contributed by atoms with Crippen molar-refractivity contribution in [3.8, 4) is 0 Å². The first kappa shape index (κ1) is 17.4. The third-order valence-electron chi connectivity index (χ3n) is 3.53. The maximum atomic E-state index is 13.0. The molecule has 0 radical (unpaired) electrons. The van der Waals surface area contributed by atoms with Crippen molar-refractivity contribution in [3.05, 3.63) is 59.4 Å². The molecule has 0 atom stereocenters. The quantitative estimate of drug-likeness (QED) is 0.638. The van der Waals surface area contributed by atoms with Crippen LogP contribution in [0.1, 0.15) is 11.4 Å². The van der Waals surface area contributed by atoms with Crippen molar-refractivity contribution in [2.24, 2.45) is 0 Å². The predicted molar refractivity (Wildman–Crippen MR) is 96.4 cm³/mol. The number of halogens is 1. The molecule has 130 valence electrons. The normalized spacial score (nSPS) is 11.6. The highest BCUT2D eigenvalue weighted by Gasteiger charge is 2.27. The van der Waals surface area contributed by atoms with Crippen LogP contribution < -0.4 is 4.31 Å². The molecule has 0 amide bonds. The van der Waals surface area contributed by atoms with Gasteiger partial charge in [0.1, 0.15) is 0 Å². The molecule has 3 rings (SSSR count). The second-order valence-electron chi connectivity index (χ2n) is 5.44. The second kappa shape index (κ2) is 6.45. The van der Waals surface area contributed by atoms with Crippen LogP contribution in [0.3, 0.4) is 0 Å². The molecule has 0 N–H and O–H groups in total. The lowest BCUT2D eigenvalue weighted by Crippen LogP contribution is -2.32. The van der Waals surface area contributed by atoms with Gasteiger partial charge < -0.3 is 0 Å². The molecule has 1 aromatic carbocycles. The van der Waals surface area contributed by atoms with Gasteiger partial charge in [-0.25, -0.2) is 17.7 Å². The summed E-state index contributed by atoms with van der Waals surface area (Å²) in [6.07, 6.45) is 1.48. The third kappa shape index (κ3) is 3.22. The van der Waals surface area contributed by atoms with Crippen LogP contribution in [-0.4, -0.2) is 34.5 Å². The number of hydrogen-bond donors (Lipinski definition) is 0. The standard InChI is InChI=1S/C16H16ClN5O2S/c1-4-9-21(25(23,24)14-7-5-13(17)6-8-14)16-19-15-18-11(2)10-12(3)22(15)20-16/h4-8,10H,1,9H2,2-3H3. The minimum Gasteiger partial charge on any atom is -0.228 e. The number of aromatic nitrogens is 4. The Balaban J connectivity index is 2.14. The molecule has 0 unspecified atom stereocenters. The Labute approximate surface area is 150 Å². The van der Waals surface area contributed by atoms with Crippen LogP contribution in [0, 0.1) is 13.8 Å². The summed E-state index contributed by atoms with van der Waals surface area (Å²) in [6.45, 7) is 7.35. The molecular weight excluding hydrogens is 362 g/mol. The molecule has 3 aromatic rings. The number of nitrogens with zero attached hydrogens (tertiary/aromatic N) is 5. The van der Waals surface area contributed by atoms with Crippen LogP contribution in [-0.2, 0) is 10.0 Å². The van der Waals surface area contributed by atoms with Crippen molar-refractivity contribution in [1.29, 1.82) is 0 Å². The zero-order chi connectivity index (χ0) is 18.2. The van der Waals surface area contributed by atoms with Crippen molar-refractivity contribution < 1.29 is 8.42 Å². The van der Waals surface area contributed by atoms with Gasteiger partial charge in [-0.05, 0) is 44.2 Å². The number of anilines is 1. The Kier molecular flexibility index (Phi) is 4.49. The van der Waals surface area contributed by atoms with Gasteiger partial charge in [-0.1, -0.05) is 17.7 Å². The van der Waals surface area contributed by atoms with Gasteiger partial charge in [0.15, 0.2) is 0 Å². The van der Waals surface area contributed by atoms with Gasteiger partial charge in [0.2, 0.25) is 0 Å². The lowest BCUT2D eigenvalue weighted by atomic mass is 10.4. The van der Waals surface area contributed by atoms with Crippen molar-refractivity contribution in [2.45, 2.75) is 18.7 Å². The molecule has 0 fully saturated rings. The smallest absolute Gasteiger partial charge is 0.228 e. The summed E-state index contributed by atoms with van der Waals surface area (Å²) in [6, 6.07) is 7.77. The fourth-order valence-corrected chi connectivity index (χ4v) is 3.85. The van der Waals surface area contributed by atoms with Gasteiger partial charge in [0.25, 0.3) is 21.7 Å². The maximum absolute atomic E-state index is 13.0. The number of hydrogen-bond acceptors (Lipinski definition) is 5. The van der Waals surface area contributed by atoms with Crippen LogP contribution in [0.5, 0.6) is 0 Å². The monoisotopic (exact) mass is 377 g/mol. The van der Waals surface area contributed by atoms with Gasteiger partial charge in [-0.15, -0.1) is 11.7 Å². The number of aryl methyl sites for hydroxylation is 2. The summed E-state index contributed by atoms with van der Waals surface area (Å²) in [5, 5.41) is 4.75. The van der Waals surface area contributed by atoms with E-state index in [0.717, 1.165) is 15.7 Å². The Morgan fingerprint density at radius 3 is 2.56 bits per heavy atom. The summed E-state index contributed by atoms with van der Waals surface area (Å²) in [5.41, 5.74) is 1.59. The predicted octanol–water partition coefficient (Wildman–Crippen LogP) is 2.78. The van der Waals surface area contributed by atoms with Crippen LogP contribution in [0.2, 0.25) is 5.02 Å². The van der Waals surface area contributed by atoms with Gasteiger partial charge >= 0.3 is 0 Å². The zero-order valence-corrected chi connectivity index (χ0v) is 15.3. The molecule has 2 heterocycles. The number of sulfonamides is 1. The minimum atomic E-state index is -3.87. The average molecular weight is 378 g/mol. The first-order valence-electron chi connectivity index (χ1n) is 7.43. The molecule has 0 saturated heterocycles. The topological polar surface area (TPSA) is 80.5 Å². The Hall–Kier alpha value is -2.45. The molecule has 2 aromatic heterocycles. The van der Waals surface area contributed by atoms with E-state index in [4.69, 9.17) is 11.6 Å². The maximum Gasteiger partial charge on any atom is 0.266 e. The first-order chi connectivity index (χ1) is 11.8. The molecule has 0 aliphatic rings. The number of benzene rings is 1.